The van der Waals surface area contributed by atoms with Crippen molar-refractivity contribution in [2.24, 2.45) is 0 Å². The molecule has 6 heteroatoms. The minimum Gasteiger partial charge on any atom is -0.252 e. The highest BCUT2D eigenvalue weighted by Crippen LogP contribution is 2.27. The highest BCUT2D eigenvalue weighted by Gasteiger charge is 2.11. The molecule has 0 radical (unpaired) electrons. The molecule has 1 heterocycles. The lowest BCUT2D eigenvalue weighted by Gasteiger charge is -2.04. The Morgan fingerprint density at radius 3 is 2.41 bits per heavy atom. The summed E-state index contributed by atoms with van der Waals surface area (Å²) in [5, 5.41) is 0.157. The van der Waals surface area contributed by atoms with Crippen LogP contribution < -0.4 is 0 Å². The van der Waals surface area contributed by atoms with Crippen LogP contribution in [0.4, 0.5) is 13.2 Å². The molecule has 0 amide bonds. The summed E-state index contributed by atoms with van der Waals surface area (Å²) in [6.07, 6.45) is -0.513. The van der Waals surface area contributed by atoms with E-state index in [2.05, 4.69) is 9.97 Å². The van der Waals surface area contributed by atoms with Gasteiger partial charge in [0.2, 0.25) is 0 Å². The van der Waals surface area contributed by atoms with Gasteiger partial charge >= 0.3 is 0 Å². The van der Waals surface area contributed by atoms with Gasteiger partial charge in [-0.25, -0.2) is 13.2 Å². The van der Waals surface area contributed by atoms with Crippen LogP contribution in [-0.2, 0) is 0 Å². The molecule has 17 heavy (non-hydrogen) atoms. The quantitative estimate of drug-likeness (QED) is 0.817. The van der Waals surface area contributed by atoms with Crippen LogP contribution in [0.25, 0.3) is 11.3 Å². The van der Waals surface area contributed by atoms with Crippen LogP contribution in [0.1, 0.15) is 12.1 Å². The van der Waals surface area contributed by atoms with Crippen molar-refractivity contribution in [2.75, 3.05) is 0 Å². The van der Waals surface area contributed by atoms with Gasteiger partial charge in [-0.2, -0.15) is 0 Å². The van der Waals surface area contributed by atoms with Crippen molar-refractivity contribution in [1.82, 2.24) is 9.97 Å². The Morgan fingerprint density at radius 1 is 1.12 bits per heavy atom. The largest absolute Gasteiger partial charge is 0.281 e. The molecule has 0 N–H and O–H groups in total. The van der Waals surface area contributed by atoms with Gasteiger partial charge in [0.1, 0.15) is 11.5 Å². The highest BCUT2D eigenvalue weighted by molar-refractivity contribution is 6.33. The topological polar surface area (TPSA) is 25.8 Å². The van der Waals surface area contributed by atoms with Crippen LogP contribution in [0.3, 0.4) is 0 Å². The number of hydrogen-bond donors (Lipinski definition) is 0. The van der Waals surface area contributed by atoms with Crippen LogP contribution in [0.2, 0.25) is 5.02 Å². The van der Waals surface area contributed by atoms with E-state index >= 15 is 0 Å². The molecule has 2 nitrogen and oxygen atoms in total. The van der Waals surface area contributed by atoms with Crippen molar-refractivity contribution in [2.45, 2.75) is 6.43 Å². The van der Waals surface area contributed by atoms with Crippen LogP contribution in [0, 0.1) is 5.82 Å². The van der Waals surface area contributed by atoms with Crippen molar-refractivity contribution in [3.05, 3.63) is 47.1 Å². The van der Waals surface area contributed by atoms with Crippen molar-refractivity contribution >= 4 is 11.6 Å². The van der Waals surface area contributed by atoms with Crippen molar-refractivity contribution in [1.29, 1.82) is 0 Å². The molecular formula is C11H6ClF3N2. The van der Waals surface area contributed by atoms with Gasteiger partial charge in [0.25, 0.3) is 6.43 Å². The first-order valence-corrected chi connectivity index (χ1v) is 5.01. The predicted molar refractivity (Wildman–Crippen MR) is 57.4 cm³/mol. The second-order valence-corrected chi connectivity index (χ2v) is 3.66. The Balaban J connectivity index is 2.40. The van der Waals surface area contributed by atoms with E-state index in [0.29, 0.717) is 11.3 Å². The average molecular weight is 259 g/mol. The summed E-state index contributed by atoms with van der Waals surface area (Å²) in [5.74, 6) is -0.476. The number of alkyl halides is 2. The Morgan fingerprint density at radius 2 is 1.88 bits per heavy atom. The molecule has 0 saturated carbocycles. The standard InChI is InChI=1S/C11H6ClF3N2/c12-8-3-6(13)1-2-7(8)9-4-17-10(5-16-9)11(14)15/h1-5,11H. The Bertz CT molecular complexity index is 529. The van der Waals surface area contributed by atoms with Gasteiger partial charge in [0.15, 0.2) is 0 Å². The number of aromatic nitrogens is 2. The Hall–Kier alpha value is -1.62. The van der Waals surface area contributed by atoms with Gasteiger partial charge in [0, 0.05) is 5.56 Å². The Labute approximate surface area is 100 Å². The van der Waals surface area contributed by atoms with Crippen molar-refractivity contribution in [3.8, 4) is 11.3 Å². The van der Waals surface area contributed by atoms with E-state index < -0.39 is 17.9 Å². The van der Waals surface area contributed by atoms with Crippen molar-refractivity contribution < 1.29 is 13.2 Å². The van der Waals surface area contributed by atoms with E-state index in [1.165, 1.54) is 18.3 Å². The van der Waals surface area contributed by atoms with Gasteiger partial charge in [-0.3, -0.25) is 9.97 Å². The summed E-state index contributed by atoms with van der Waals surface area (Å²) in [6.45, 7) is 0. The van der Waals surface area contributed by atoms with Gasteiger partial charge in [-0.05, 0) is 18.2 Å². The molecule has 0 unspecified atom stereocenters. The summed E-state index contributed by atoms with van der Waals surface area (Å²) in [7, 11) is 0. The lowest BCUT2D eigenvalue weighted by Crippen LogP contribution is -1.93. The van der Waals surface area contributed by atoms with E-state index in [1.807, 2.05) is 0 Å². The van der Waals surface area contributed by atoms with Crippen LogP contribution in [-0.4, -0.2) is 9.97 Å². The smallest absolute Gasteiger partial charge is 0.252 e. The summed E-state index contributed by atoms with van der Waals surface area (Å²) >= 11 is 5.81. The SMILES string of the molecule is Fc1ccc(-c2cnc(C(F)F)cn2)c(Cl)c1. The molecule has 1 aromatic carbocycles. The lowest BCUT2D eigenvalue weighted by atomic mass is 10.1. The first-order chi connectivity index (χ1) is 8.08. The zero-order valence-electron chi connectivity index (χ0n) is 8.37. The van der Waals surface area contributed by atoms with Gasteiger partial charge in [-0.1, -0.05) is 11.6 Å². The normalized spacial score (nSPS) is 10.9. The molecule has 88 valence electrons. The molecule has 2 rings (SSSR count). The number of hydrogen-bond acceptors (Lipinski definition) is 2. The van der Waals surface area contributed by atoms with Crippen LogP contribution >= 0.6 is 11.6 Å². The summed E-state index contributed by atoms with van der Waals surface area (Å²) in [5.41, 5.74) is 0.354. The Kier molecular flexibility index (Phi) is 3.28. The second-order valence-electron chi connectivity index (χ2n) is 3.25. The molecule has 1 aromatic heterocycles. The van der Waals surface area contributed by atoms with E-state index in [9.17, 15) is 13.2 Å². The third kappa shape index (κ3) is 2.55. The molecule has 0 atom stereocenters. The van der Waals surface area contributed by atoms with E-state index in [-0.39, 0.29) is 5.02 Å². The number of halogens is 4. The second kappa shape index (κ2) is 4.71. The van der Waals surface area contributed by atoms with E-state index in [0.717, 1.165) is 12.3 Å². The van der Waals surface area contributed by atoms with Crippen LogP contribution in [0.5, 0.6) is 0 Å². The minimum absolute atomic E-state index is 0.157. The molecule has 0 saturated heterocycles. The zero-order valence-corrected chi connectivity index (χ0v) is 9.13. The monoisotopic (exact) mass is 258 g/mol. The maximum atomic E-state index is 12.8. The summed E-state index contributed by atoms with van der Waals surface area (Å²) < 4.78 is 37.3. The predicted octanol–water partition coefficient (Wildman–Crippen LogP) is 3.87. The molecule has 0 aliphatic rings. The molecule has 0 aliphatic heterocycles. The number of rotatable bonds is 2. The van der Waals surface area contributed by atoms with Gasteiger partial charge in [-0.15, -0.1) is 0 Å². The third-order valence-electron chi connectivity index (χ3n) is 2.10. The molecule has 0 spiro atoms. The molecule has 0 fully saturated rings. The fraction of sp³-hybridized carbons (Fsp3) is 0.0909. The fourth-order valence-corrected chi connectivity index (χ4v) is 1.55. The molecule has 2 aromatic rings. The van der Waals surface area contributed by atoms with Crippen molar-refractivity contribution in [3.63, 3.8) is 0 Å². The zero-order chi connectivity index (χ0) is 12.4. The van der Waals surface area contributed by atoms with Gasteiger partial charge in [0.05, 0.1) is 23.1 Å². The minimum atomic E-state index is -2.67. The van der Waals surface area contributed by atoms with E-state index in [4.69, 9.17) is 11.6 Å². The number of nitrogens with zero attached hydrogens (tertiary/aromatic N) is 2. The lowest BCUT2D eigenvalue weighted by molar-refractivity contribution is 0.145. The summed E-state index contributed by atoms with van der Waals surface area (Å²) in [4.78, 5) is 7.36. The third-order valence-corrected chi connectivity index (χ3v) is 2.42. The molecular weight excluding hydrogens is 253 g/mol. The highest BCUT2D eigenvalue weighted by atomic mass is 35.5. The molecule has 0 bridgehead atoms. The van der Waals surface area contributed by atoms with Gasteiger partial charge < -0.3 is 0 Å². The molecule has 0 aliphatic carbocycles. The van der Waals surface area contributed by atoms with Crippen LogP contribution in [0.15, 0.2) is 30.6 Å². The first kappa shape index (κ1) is 11.9. The number of benzene rings is 1. The summed E-state index contributed by atoms with van der Waals surface area (Å²) in [6, 6.07) is 3.76. The first-order valence-electron chi connectivity index (χ1n) is 4.63. The maximum Gasteiger partial charge on any atom is 0.281 e. The fourth-order valence-electron chi connectivity index (χ4n) is 1.29. The van der Waals surface area contributed by atoms with E-state index in [1.54, 1.807) is 0 Å². The maximum absolute atomic E-state index is 12.8. The average Bonchev–Trinajstić information content (AvgIpc) is 2.29.